The molecule has 0 unspecified atom stereocenters. The Labute approximate surface area is 185 Å². The molecule has 1 aliphatic rings. The summed E-state index contributed by atoms with van der Waals surface area (Å²) in [5.74, 6) is -2.09. The van der Waals surface area contributed by atoms with Gasteiger partial charge in [0.1, 0.15) is 0 Å². The van der Waals surface area contributed by atoms with Gasteiger partial charge in [-0.2, -0.15) is 26.3 Å². The summed E-state index contributed by atoms with van der Waals surface area (Å²) in [7, 11) is -4.11. The first-order valence-corrected chi connectivity index (χ1v) is 11.2. The summed E-state index contributed by atoms with van der Waals surface area (Å²) in [4.78, 5) is 18.1. The van der Waals surface area contributed by atoms with Crippen LogP contribution in [0, 0.1) is 0 Å². The van der Waals surface area contributed by atoms with Gasteiger partial charge < -0.3 is 5.32 Å². The van der Waals surface area contributed by atoms with E-state index in [0.717, 1.165) is 30.6 Å². The molecular weight excluding hydrogens is 476 g/mol. The van der Waals surface area contributed by atoms with E-state index >= 15 is 0 Å². The number of hydrogen-bond acceptors (Lipinski definition) is 5. The number of carbonyl (C=O) groups excluding carboxylic acids is 1. The summed E-state index contributed by atoms with van der Waals surface area (Å²) in [6.45, 7) is 1.45. The van der Waals surface area contributed by atoms with Gasteiger partial charge in [-0.15, -0.1) is 0 Å². The molecule has 1 aromatic heterocycles. The molecule has 1 aliphatic carbocycles. The summed E-state index contributed by atoms with van der Waals surface area (Å²) in [5, 5.41) is 2.61. The lowest BCUT2D eigenvalue weighted by molar-refractivity contribution is -0.145. The quantitative estimate of drug-likeness (QED) is 0.635. The molecule has 0 bridgehead atoms. The fourth-order valence-corrected chi connectivity index (χ4v) is 5.51. The van der Waals surface area contributed by atoms with Crippen molar-refractivity contribution < 1.29 is 39.6 Å². The predicted molar refractivity (Wildman–Crippen MR) is 104 cm³/mol. The zero-order valence-corrected chi connectivity index (χ0v) is 18.0. The molecule has 1 saturated carbocycles. The first kappa shape index (κ1) is 24.9. The van der Waals surface area contributed by atoms with E-state index in [9.17, 15) is 39.6 Å². The molecule has 1 N–H and O–H groups in total. The van der Waals surface area contributed by atoms with Crippen LogP contribution in [0.15, 0.2) is 41.6 Å². The molecule has 33 heavy (non-hydrogen) atoms. The van der Waals surface area contributed by atoms with Crippen molar-refractivity contribution >= 4 is 15.7 Å². The number of aromatic nitrogens is 2. The highest BCUT2D eigenvalue weighted by Gasteiger charge is 2.44. The molecule has 1 fully saturated rings. The maximum absolute atomic E-state index is 13.1. The number of sulfone groups is 1. The Morgan fingerprint density at radius 2 is 1.61 bits per heavy atom. The van der Waals surface area contributed by atoms with Crippen LogP contribution in [0.5, 0.6) is 0 Å². The smallest absolute Gasteiger partial charge is 0.349 e. The third-order valence-corrected chi connectivity index (χ3v) is 8.25. The van der Waals surface area contributed by atoms with E-state index in [0.29, 0.717) is 6.07 Å². The molecule has 0 spiro atoms. The van der Waals surface area contributed by atoms with Crippen LogP contribution in [0.2, 0.25) is 0 Å². The lowest BCUT2D eigenvalue weighted by atomic mass is 9.86. The van der Waals surface area contributed by atoms with E-state index in [1.54, 1.807) is 0 Å². The maximum atomic E-state index is 13.1. The van der Waals surface area contributed by atoms with Crippen LogP contribution in [0.25, 0.3) is 0 Å². The highest BCUT2D eigenvalue weighted by Crippen LogP contribution is 2.40. The number of nitrogens with one attached hydrogen (secondary N) is 1. The summed E-state index contributed by atoms with van der Waals surface area (Å²) < 4.78 is 101. The van der Waals surface area contributed by atoms with Crippen molar-refractivity contribution in [3.05, 3.63) is 53.6 Å². The van der Waals surface area contributed by atoms with Crippen LogP contribution in [0.3, 0.4) is 0 Å². The second-order valence-electron chi connectivity index (χ2n) is 8.02. The van der Waals surface area contributed by atoms with Crippen molar-refractivity contribution in [3.8, 4) is 0 Å². The van der Waals surface area contributed by atoms with Gasteiger partial charge in [-0.05, 0) is 50.8 Å². The lowest BCUT2D eigenvalue weighted by Gasteiger charge is -2.37. The summed E-state index contributed by atoms with van der Waals surface area (Å²) in [5.41, 5.74) is -1.25. The second kappa shape index (κ2) is 8.58. The first-order chi connectivity index (χ1) is 15.1. The third-order valence-electron chi connectivity index (χ3n) is 5.67. The standard InChI is InChI=1S/C20H19F6N3O3S/c1-18(33(31,32)15-4-2-3-13(9-15)19(21,22)23)7-5-14(6-8-18)29-16(30)12-10-27-17(28-11-12)20(24,25)26/h2-4,9-11,14H,5-8H2,1H3,(H,29,30). The molecule has 13 heteroatoms. The molecule has 0 saturated heterocycles. The fourth-order valence-electron chi connectivity index (χ4n) is 3.63. The van der Waals surface area contributed by atoms with Crippen molar-refractivity contribution in [1.82, 2.24) is 15.3 Å². The zero-order valence-electron chi connectivity index (χ0n) is 17.2. The Hall–Kier alpha value is -2.70. The topological polar surface area (TPSA) is 89.0 Å². The zero-order chi connectivity index (χ0) is 24.7. The predicted octanol–water partition coefficient (Wildman–Crippen LogP) is 4.42. The lowest BCUT2D eigenvalue weighted by Crippen LogP contribution is -2.45. The molecule has 3 rings (SSSR count). The van der Waals surface area contributed by atoms with Gasteiger partial charge in [0, 0.05) is 18.4 Å². The minimum atomic E-state index is -4.74. The average molecular weight is 495 g/mol. The molecule has 0 radical (unpaired) electrons. The van der Waals surface area contributed by atoms with Gasteiger partial charge in [0.15, 0.2) is 9.84 Å². The summed E-state index contributed by atoms with van der Waals surface area (Å²) in [6, 6.07) is 3.09. The van der Waals surface area contributed by atoms with Crippen LogP contribution in [0.4, 0.5) is 26.3 Å². The Bertz CT molecular complexity index is 1120. The number of halogens is 6. The van der Waals surface area contributed by atoms with E-state index in [-0.39, 0.29) is 31.2 Å². The van der Waals surface area contributed by atoms with Crippen molar-refractivity contribution in [3.63, 3.8) is 0 Å². The molecule has 2 aromatic rings. The molecule has 1 amide bonds. The first-order valence-electron chi connectivity index (χ1n) is 9.75. The van der Waals surface area contributed by atoms with Crippen LogP contribution < -0.4 is 5.32 Å². The van der Waals surface area contributed by atoms with Gasteiger partial charge in [0.05, 0.1) is 20.8 Å². The van der Waals surface area contributed by atoms with Crippen molar-refractivity contribution in [1.29, 1.82) is 0 Å². The van der Waals surface area contributed by atoms with E-state index in [1.807, 2.05) is 0 Å². The van der Waals surface area contributed by atoms with Gasteiger partial charge in [-0.3, -0.25) is 4.79 Å². The van der Waals surface area contributed by atoms with Gasteiger partial charge >= 0.3 is 12.4 Å². The molecule has 6 nitrogen and oxygen atoms in total. The Morgan fingerprint density at radius 3 is 2.12 bits per heavy atom. The molecule has 0 atom stereocenters. The van der Waals surface area contributed by atoms with E-state index in [2.05, 4.69) is 15.3 Å². The number of nitrogens with zero attached hydrogens (tertiary/aromatic N) is 2. The second-order valence-corrected chi connectivity index (χ2v) is 10.5. The Kier molecular flexibility index (Phi) is 6.48. The monoisotopic (exact) mass is 495 g/mol. The Balaban J connectivity index is 1.67. The van der Waals surface area contributed by atoms with Gasteiger partial charge in [-0.1, -0.05) is 6.07 Å². The molecular formula is C20H19F6N3O3S. The van der Waals surface area contributed by atoms with E-state index in [4.69, 9.17) is 0 Å². The van der Waals surface area contributed by atoms with Gasteiger partial charge in [-0.25, -0.2) is 18.4 Å². The van der Waals surface area contributed by atoms with Gasteiger partial charge in [0.2, 0.25) is 5.82 Å². The number of hydrogen-bond donors (Lipinski definition) is 1. The number of amides is 1. The van der Waals surface area contributed by atoms with Crippen molar-refractivity contribution in [2.24, 2.45) is 0 Å². The molecule has 0 aliphatic heterocycles. The average Bonchev–Trinajstić information content (AvgIpc) is 2.74. The maximum Gasteiger partial charge on any atom is 0.451 e. The van der Waals surface area contributed by atoms with E-state index in [1.165, 1.54) is 6.92 Å². The number of benzene rings is 1. The summed E-state index contributed by atoms with van der Waals surface area (Å²) >= 11 is 0. The number of alkyl halides is 6. The SMILES string of the molecule is CC1(S(=O)(=O)c2cccc(C(F)(F)F)c2)CCC(NC(=O)c2cnc(C(F)(F)F)nc2)CC1. The van der Waals surface area contributed by atoms with Crippen LogP contribution in [-0.4, -0.2) is 35.1 Å². The highest BCUT2D eigenvalue weighted by molar-refractivity contribution is 7.92. The number of rotatable bonds is 4. The number of carbonyl (C=O) groups is 1. The summed E-state index contributed by atoms with van der Waals surface area (Å²) in [6.07, 6.45) is -7.37. The van der Waals surface area contributed by atoms with Crippen LogP contribution >= 0.6 is 0 Å². The van der Waals surface area contributed by atoms with Gasteiger partial charge in [0.25, 0.3) is 5.91 Å². The van der Waals surface area contributed by atoms with Crippen molar-refractivity contribution in [2.75, 3.05) is 0 Å². The fraction of sp³-hybridized carbons (Fsp3) is 0.450. The molecule has 1 heterocycles. The highest BCUT2D eigenvalue weighted by atomic mass is 32.2. The van der Waals surface area contributed by atoms with Crippen LogP contribution in [-0.2, 0) is 22.2 Å². The normalized spacial score (nSPS) is 22.1. The van der Waals surface area contributed by atoms with Crippen molar-refractivity contribution in [2.45, 2.75) is 60.6 Å². The minimum absolute atomic E-state index is 0.0695. The molecule has 180 valence electrons. The third kappa shape index (κ3) is 5.28. The van der Waals surface area contributed by atoms with Crippen LogP contribution in [0.1, 0.15) is 54.4 Å². The largest absolute Gasteiger partial charge is 0.451 e. The minimum Gasteiger partial charge on any atom is -0.349 e. The Morgan fingerprint density at radius 1 is 1.03 bits per heavy atom. The molecule has 1 aromatic carbocycles. The van der Waals surface area contributed by atoms with E-state index < -0.39 is 55.2 Å².